The molecule has 0 amide bonds. The summed E-state index contributed by atoms with van der Waals surface area (Å²) >= 11 is 0. The van der Waals surface area contributed by atoms with Crippen LogP contribution in [0.4, 0.5) is 0 Å². The molecule has 1 atom stereocenters. The predicted molar refractivity (Wildman–Crippen MR) is 161 cm³/mol. The molecule has 0 nitrogen and oxygen atoms in total. The summed E-state index contributed by atoms with van der Waals surface area (Å²) in [7, 11) is -0.463. The fraction of sp³-hybridized carbons (Fsp3) is 0.111. The van der Waals surface area contributed by atoms with Crippen molar-refractivity contribution in [3.63, 3.8) is 0 Å². The van der Waals surface area contributed by atoms with Gasteiger partial charge in [-0.1, -0.05) is 88.4 Å². The molecule has 6 rings (SSSR count). The number of hydrogen-bond donors (Lipinski definition) is 0. The van der Waals surface area contributed by atoms with E-state index in [1.807, 2.05) is 76.3 Å². The second-order valence-electron chi connectivity index (χ2n) is 9.64. The molecule has 3 aliphatic rings. The molecule has 0 bridgehead atoms. The molecular weight excluding hydrogens is 555 g/mol. The summed E-state index contributed by atoms with van der Waals surface area (Å²) in [6.07, 6.45) is 23.8. The molecule has 0 aromatic heterocycles. The van der Waals surface area contributed by atoms with Crippen LogP contribution in [-0.2, 0) is 26.2 Å². The zero-order valence-corrected chi connectivity index (χ0v) is 25.7. The van der Waals surface area contributed by atoms with Gasteiger partial charge in [0.15, 0.2) is 0 Å². The van der Waals surface area contributed by atoms with Crippen LogP contribution in [0, 0.1) is 76.4 Å². The zero-order valence-electron chi connectivity index (χ0n) is 22.3. The van der Waals surface area contributed by atoms with E-state index in [0.717, 1.165) is 5.56 Å². The molecule has 1 aliphatic heterocycles. The van der Waals surface area contributed by atoms with Crippen LogP contribution < -0.4 is 0 Å². The molecule has 1 heterocycles. The van der Waals surface area contributed by atoms with Crippen molar-refractivity contribution in [2.45, 2.75) is 25.9 Å². The third kappa shape index (κ3) is 8.73. The van der Waals surface area contributed by atoms with E-state index in [4.69, 9.17) is 0 Å². The molecule has 2 aliphatic carbocycles. The van der Waals surface area contributed by atoms with E-state index in [0.29, 0.717) is 0 Å². The summed E-state index contributed by atoms with van der Waals surface area (Å²) in [5.41, 5.74) is 4.96. The largest absolute Gasteiger partial charge is 2.00 e. The standard InChI is InChI=1S/C26H23P.2C5H5.Zr/c1-26(2,3)27-23(20-13-7-4-8-14-20)19-24(27)25(21-15-9-5-10-16-21)22-17-11-6-12-18-22;2*1-2-4-5-3-1;/h4-17H,1-3H3;2*1-5H;/q-2;;;+2/b25-24+;;;. The Kier molecular flexibility index (Phi) is 13.0. The van der Waals surface area contributed by atoms with Gasteiger partial charge in [-0.25, -0.2) is 0 Å². The number of allylic oxidation sites excluding steroid dienone is 2. The third-order valence-electron chi connectivity index (χ3n) is 5.79. The summed E-state index contributed by atoms with van der Waals surface area (Å²) in [5, 5.41) is 2.90. The minimum Gasteiger partial charge on any atom is -0.163 e. The van der Waals surface area contributed by atoms with Crippen molar-refractivity contribution in [2.75, 3.05) is 0 Å². The second kappa shape index (κ2) is 15.9. The minimum absolute atomic E-state index is 0. The molecule has 10 radical (unpaired) electrons. The Hall–Kier alpha value is -1.55. The first-order chi connectivity index (χ1) is 18.1. The Balaban J connectivity index is 0.000000303. The van der Waals surface area contributed by atoms with Crippen molar-refractivity contribution in [2.24, 2.45) is 0 Å². The fourth-order valence-corrected chi connectivity index (χ4v) is 6.87. The molecule has 1 unspecified atom stereocenters. The van der Waals surface area contributed by atoms with Crippen LogP contribution >= 0.6 is 7.92 Å². The molecule has 3 aromatic rings. The number of rotatable bonds is 3. The topological polar surface area (TPSA) is 0 Å². The van der Waals surface area contributed by atoms with Crippen LogP contribution in [0.15, 0.2) is 90.2 Å². The van der Waals surface area contributed by atoms with Crippen molar-refractivity contribution < 1.29 is 26.2 Å². The van der Waals surface area contributed by atoms with E-state index < -0.39 is 7.92 Å². The maximum absolute atomic E-state index is 3.75. The third-order valence-corrected chi connectivity index (χ3v) is 8.73. The SMILES string of the molecule is CC(C)(C)P1C(c2ccccc2)=[C-]/C1=C(\c1[c-]cccc1)c1ccccc1.[CH]1[CH][CH][CH][CH]1.[CH]1[CH][CH][CH][CH]1.[Zr+2]. The van der Waals surface area contributed by atoms with Gasteiger partial charge < -0.3 is 0 Å². The monoisotopic (exact) mass is 586 g/mol. The van der Waals surface area contributed by atoms with Gasteiger partial charge >= 0.3 is 26.2 Å². The van der Waals surface area contributed by atoms with Gasteiger partial charge in [-0.05, 0) is 69.4 Å². The summed E-state index contributed by atoms with van der Waals surface area (Å²) in [6.45, 7) is 7.04. The van der Waals surface area contributed by atoms with E-state index in [1.54, 1.807) is 0 Å². The molecule has 2 heteroatoms. The van der Waals surface area contributed by atoms with Gasteiger partial charge in [0.25, 0.3) is 0 Å². The van der Waals surface area contributed by atoms with Crippen LogP contribution in [-0.4, -0.2) is 5.16 Å². The van der Waals surface area contributed by atoms with Crippen LogP contribution in [0.5, 0.6) is 0 Å². The van der Waals surface area contributed by atoms with Crippen LogP contribution in [0.25, 0.3) is 10.9 Å². The first-order valence-corrected chi connectivity index (χ1v) is 14.0. The van der Waals surface area contributed by atoms with Crippen LogP contribution in [0.3, 0.4) is 0 Å². The molecule has 0 saturated heterocycles. The first kappa shape index (κ1) is 31.0. The van der Waals surface area contributed by atoms with Crippen molar-refractivity contribution in [3.05, 3.63) is 183 Å². The van der Waals surface area contributed by atoms with E-state index in [2.05, 4.69) is 106 Å². The van der Waals surface area contributed by atoms with Crippen LogP contribution in [0.1, 0.15) is 37.5 Å². The van der Waals surface area contributed by atoms with E-state index >= 15 is 0 Å². The molecule has 38 heavy (non-hydrogen) atoms. The van der Waals surface area contributed by atoms with Crippen molar-refractivity contribution in [1.82, 2.24) is 0 Å². The van der Waals surface area contributed by atoms with Crippen molar-refractivity contribution in [1.29, 1.82) is 0 Å². The Morgan fingerprint density at radius 3 is 1.53 bits per heavy atom. The predicted octanol–water partition coefficient (Wildman–Crippen LogP) is 9.42. The minimum atomic E-state index is -0.463. The summed E-state index contributed by atoms with van der Waals surface area (Å²) < 4.78 is 0. The summed E-state index contributed by atoms with van der Waals surface area (Å²) in [4.78, 5) is 0. The van der Waals surface area contributed by atoms with Crippen molar-refractivity contribution in [3.8, 4) is 0 Å². The summed E-state index contributed by atoms with van der Waals surface area (Å²) in [5.74, 6) is 0. The summed E-state index contributed by atoms with van der Waals surface area (Å²) in [6, 6.07) is 33.1. The first-order valence-electron chi connectivity index (χ1n) is 12.7. The van der Waals surface area contributed by atoms with Gasteiger partial charge in [0.1, 0.15) is 0 Å². The number of hydrogen-bond acceptors (Lipinski definition) is 0. The van der Waals surface area contributed by atoms with Crippen LogP contribution in [0.2, 0.25) is 0 Å². The fourth-order valence-electron chi connectivity index (χ4n) is 4.14. The molecular formula is C36H33PZr. The average Bonchev–Trinajstić information content (AvgIpc) is 3.67. The van der Waals surface area contributed by atoms with Gasteiger partial charge in [0.05, 0.1) is 0 Å². The maximum atomic E-state index is 3.75. The van der Waals surface area contributed by atoms with E-state index in [-0.39, 0.29) is 31.4 Å². The Morgan fingerprint density at radius 2 is 1.08 bits per heavy atom. The smallest absolute Gasteiger partial charge is 0.163 e. The van der Waals surface area contributed by atoms with Gasteiger partial charge in [-0.15, -0.1) is 64.2 Å². The maximum Gasteiger partial charge on any atom is 2.00 e. The normalized spacial score (nSPS) is 19.4. The quantitative estimate of drug-likeness (QED) is 0.212. The molecule has 0 spiro atoms. The van der Waals surface area contributed by atoms with Gasteiger partial charge in [-0.3, -0.25) is 0 Å². The average molecular weight is 588 g/mol. The zero-order chi connectivity index (χ0) is 25.9. The second-order valence-corrected chi connectivity index (χ2v) is 12.5. The van der Waals surface area contributed by atoms with Crippen molar-refractivity contribution >= 4 is 18.8 Å². The molecule has 0 N–H and O–H groups in total. The Morgan fingerprint density at radius 1 is 0.605 bits per heavy atom. The molecule has 186 valence electrons. The number of benzene rings is 3. The van der Waals surface area contributed by atoms with E-state index in [9.17, 15) is 0 Å². The Labute approximate surface area is 252 Å². The molecule has 2 fully saturated rings. The van der Waals surface area contributed by atoms with Gasteiger partial charge in [-0.2, -0.15) is 6.08 Å². The van der Waals surface area contributed by atoms with E-state index in [1.165, 1.54) is 27.3 Å². The van der Waals surface area contributed by atoms with Gasteiger partial charge in [0.2, 0.25) is 0 Å². The molecule has 3 aromatic carbocycles. The van der Waals surface area contributed by atoms with Gasteiger partial charge in [0, 0.05) is 0 Å². The molecule has 2 saturated carbocycles. The Bertz CT molecular complexity index is 1070.